The van der Waals surface area contributed by atoms with E-state index in [1.54, 1.807) is 12.1 Å². The lowest BCUT2D eigenvalue weighted by Gasteiger charge is -2.20. The molecular formula is C16H17ClFN. The maximum atomic E-state index is 14.1. The van der Waals surface area contributed by atoms with Crippen molar-refractivity contribution in [2.24, 2.45) is 0 Å². The minimum Gasteiger partial charge on any atom is -0.306 e. The number of nitrogens with one attached hydrogen (secondary N) is 1. The maximum absolute atomic E-state index is 14.1. The number of benzene rings is 2. The second-order valence-corrected chi connectivity index (χ2v) is 4.90. The first kappa shape index (κ1) is 14.0. The first-order valence-electron chi connectivity index (χ1n) is 6.45. The van der Waals surface area contributed by atoms with Gasteiger partial charge < -0.3 is 5.32 Å². The molecule has 2 aromatic carbocycles. The van der Waals surface area contributed by atoms with E-state index in [2.05, 4.69) is 12.2 Å². The van der Waals surface area contributed by atoms with E-state index >= 15 is 0 Å². The first-order chi connectivity index (χ1) is 9.22. The van der Waals surface area contributed by atoms with Gasteiger partial charge in [-0.3, -0.25) is 0 Å². The van der Waals surface area contributed by atoms with Crippen LogP contribution in [0, 0.1) is 5.82 Å². The second kappa shape index (κ2) is 6.69. The smallest absolute Gasteiger partial charge is 0.129 e. The Kier molecular flexibility index (Phi) is 4.94. The van der Waals surface area contributed by atoms with Crippen LogP contribution in [0.3, 0.4) is 0 Å². The third kappa shape index (κ3) is 3.55. The molecule has 2 aromatic rings. The van der Waals surface area contributed by atoms with Crippen molar-refractivity contribution in [3.8, 4) is 0 Å². The predicted molar refractivity (Wildman–Crippen MR) is 78.0 cm³/mol. The zero-order valence-electron chi connectivity index (χ0n) is 10.9. The molecule has 1 unspecified atom stereocenters. The fourth-order valence-electron chi connectivity index (χ4n) is 2.08. The van der Waals surface area contributed by atoms with Gasteiger partial charge in [-0.15, -0.1) is 0 Å². The van der Waals surface area contributed by atoms with E-state index in [1.165, 1.54) is 6.07 Å². The molecule has 19 heavy (non-hydrogen) atoms. The van der Waals surface area contributed by atoms with Crippen molar-refractivity contribution in [3.05, 3.63) is 70.5 Å². The maximum Gasteiger partial charge on any atom is 0.129 e. The molecule has 0 amide bonds. The molecular weight excluding hydrogens is 261 g/mol. The highest BCUT2D eigenvalue weighted by Crippen LogP contribution is 2.26. The Bertz CT molecular complexity index is 528. The van der Waals surface area contributed by atoms with Crippen LogP contribution in [0.5, 0.6) is 0 Å². The predicted octanol–water partition coefficient (Wildman–Crippen LogP) is 4.57. The molecule has 100 valence electrons. The summed E-state index contributed by atoms with van der Waals surface area (Å²) in [5, 5.41) is 3.80. The molecule has 0 fully saturated rings. The van der Waals surface area contributed by atoms with Crippen molar-refractivity contribution >= 4 is 11.6 Å². The quantitative estimate of drug-likeness (QED) is 0.844. The van der Waals surface area contributed by atoms with E-state index in [0.717, 1.165) is 18.5 Å². The highest BCUT2D eigenvalue weighted by atomic mass is 35.5. The summed E-state index contributed by atoms with van der Waals surface area (Å²) < 4.78 is 14.1. The lowest BCUT2D eigenvalue weighted by atomic mass is 9.98. The average Bonchev–Trinajstić information content (AvgIpc) is 2.42. The van der Waals surface area contributed by atoms with Crippen LogP contribution in [-0.4, -0.2) is 6.54 Å². The fourth-order valence-corrected chi connectivity index (χ4v) is 2.24. The third-order valence-electron chi connectivity index (χ3n) is 3.00. The molecule has 0 aromatic heterocycles. The molecule has 0 heterocycles. The van der Waals surface area contributed by atoms with Gasteiger partial charge in [0.2, 0.25) is 0 Å². The monoisotopic (exact) mass is 277 g/mol. The van der Waals surface area contributed by atoms with Gasteiger partial charge in [0.15, 0.2) is 0 Å². The summed E-state index contributed by atoms with van der Waals surface area (Å²) in [5.74, 6) is -0.273. The van der Waals surface area contributed by atoms with Crippen LogP contribution in [0.1, 0.15) is 30.5 Å². The van der Waals surface area contributed by atoms with Crippen molar-refractivity contribution in [1.29, 1.82) is 0 Å². The molecule has 0 saturated carbocycles. The van der Waals surface area contributed by atoms with E-state index in [4.69, 9.17) is 11.6 Å². The van der Waals surface area contributed by atoms with Gasteiger partial charge >= 0.3 is 0 Å². The SMILES string of the molecule is CCCNC(c1ccccc1)c1ccc(Cl)cc1F. The highest BCUT2D eigenvalue weighted by molar-refractivity contribution is 6.30. The molecule has 1 atom stereocenters. The van der Waals surface area contributed by atoms with Crippen molar-refractivity contribution < 1.29 is 4.39 Å². The molecule has 1 N–H and O–H groups in total. The first-order valence-corrected chi connectivity index (χ1v) is 6.83. The summed E-state index contributed by atoms with van der Waals surface area (Å²) in [6.45, 7) is 2.93. The van der Waals surface area contributed by atoms with E-state index in [1.807, 2.05) is 30.3 Å². The Labute approximate surface area is 118 Å². The summed E-state index contributed by atoms with van der Waals surface area (Å²) in [5.41, 5.74) is 1.68. The van der Waals surface area contributed by atoms with E-state index in [9.17, 15) is 4.39 Å². The summed E-state index contributed by atoms with van der Waals surface area (Å²) in [6, 6.07) is 14.6. The van der Waals surface area contributed by atoms with Gasteiger partial charge in [-0.05, 0) is 30.7 Å². The van der Waals surface area contributed by atoms with E-state index in [0.29, 0.717) is 10.6 Å². The van der Waals surface area contributed by atoms with Crippen LogP contribution < -0.4 is 5.32 Å². The molecule has 3 heteroatoms. The molecule has 0 radical (unpaired) electrons. The summed E-state index contributed by atoms with van der Waals surface area (Å²) in [4.78, 5) is 0. The lowest BCUT2D eigenvalue weighted by Crippen LogP contribution is -2.24. The van der Waals surface area contributed by atoms with Crippen LogP contribution in [0.25, 0.3) is 0 Å². The largest absolute Gasteiger partial charge is 0.306 e. The minimum absolute atomic E-state index is 0.140. The zero-order valence-corrected chi connectivity index (χ0v) is 11.6. The van der Waals surface area contributed by atoms with Gasteiger partial charge in [-0.25, -0.2) is 4.39 Å². The zero-order chi connectivity index (χ0) is 13.7. The van der Waals surface area contributed by atoms with Gasteiger partial charge in [-0.2, -0.15) is 0 Å². The van der Waals surface area contributed by atoms with E-state index in [-0.39, 0.29) is 11.9 Å². The molecule has 0 spiro atoms. The molecule has 2 rings (SSSR count). The average molecular weight is 278 g/mol. The van der Waals surface area contributed by atoms with E-state index < -0.39 is 0 Å². The Morgan fingerprint density at radius 1 is 1.16 bits per heavy atom. The molecule has 0 aliphatic heterocycles. The van der Waals surface area contributed by atoms with Crippen LogP contribution in [0.2, 0.25) is 5.02 Å². The number of halogens is 2. The Balaban J connectivity index is 2.37. The van der Waals surface area contributed by atoms with Crippen LogP contribution >= 0.6 is 11.6 Å². The number of rotatable bonds is 5. The number of hydrogen-bond acceptors (Lipinski definition) is 1. The highest BCUT2D eigenvalue weighted by Gasteiger charge is 2.17. The Hall–Kier alpha value is -1.38. The Morgan fingerprint density at radius 2 is 1.89 bits per heavy atom. The van der Waals surface area contributed by atoms with Crippen molar-refractivity contribution in [1.82, 2.24) is 5.32 Å². The minimum atomic E-state index is -0.273. The summed E-state index contributed by atoms with van der Waals surface area (Å²) >= 11 is 5.81. The van der Waals surface area contributed by atoms with Crippen LogP contribution in [0.4, 0.5) is 4.39 Å². The van der Waals surface area contributed by atoms with Crippen molar-refractivity contribution in [3.63, 3.8) is 0 Å². The van der Waals surface area contributed by atoms with Crippen LogP contribution in [-0.2, 0) is 0 Å². The fraction of sp³-hybridized carbons (Fsp3) is 0.250. The Morgan fingerprint density at radius 3 is 2.53 bits per heavy atom. The third-order valence-corrected chi connectivity index (χ3v) is 3.24. The van der Waals surface area contributed by atoms with Gasteiger partial charge in [0.05, 0.1) is 6.04 Å². The molecule has 0 aliphatic carbocycles. The second-order valence-electron chi connectivity index (χ2n) is 4.46. The van der Waals surface area contributed by atoms with Crippen LogP contribution in [0.15, 0.2) is 48.5 Å². The van der Waals surface area contributed by atoms with Gasteiger partial charge in [0, 0.05) is 10.6 Å². The van der Waals surface area contributed by atoms with Gasteiger partial charge in [-0.1, -0.05) is 54.9 Å². The van der Waals surface area contributed by atoms with Gasteiger partial charge in [0.25, 0.3) is 0 Å². The molecule has 0 bridgehead atoms. The number of hydrogen-bond donors (Lipinski definition) is 1. The lowest BCUT2D eigenvalue weighted by molar-refractivity contribution is 0.547. The molecule has 0 aliphatic rings. The standard InChI is InChI=1S/C16H17ClFN/c1-2-10-19-16(12-6-4-3-5-7-12)14-9-8-13(17)11-15(14)18/h3-9,11,16,19H,2,10H2,1H3. The van der Waals surface area contributed by atoms with Crippen molar-refractivity contribution in [2.45, 2.75) is 19.4 Å². The normalized spacial score (nSPS) is 12.4. The molecule has 0 saturated heterocycles. The topological polar surface area (TPSA) is 12.0 Å². The summed E-state index contributed by atoms with van der Waals surface area (Å²) in [6.07, 6.45) is 0.999. The summed E-state index contributed by atoms with van der Waals surface area (Å²) in [7, 11) is 0. The molecule has 1 nitrogen and oxygen atoms in total. The van der Waals surface area contributed by atoms with Crippen molar-refractivity contribution in [2.75, 3.05) is 6.54 Å². The van der Waals surface area contributed by atoms with Gasteiger partial charge in [0.1, 0.15) is 5.82 Å².